The van der Waals surface area contributed by atoms with Crippen LogP contribution in [0.25, 0.3) is 0 Å². The van der Waals surface area contributed by atoms with Crippen molar-refractivity contribution in [3.63, 3.8) is 0 Å². The van der Waals surface area contributed by atoms with E-state index in [-0.39, 0.29) is 34.4 Å². The Morgan fingerprint density at radius 1 is 0.929 bits per heavy atom. The van der Waals surface area contributed by atoms with Crippen molar-refractivity contribution in [3.05, 3.63) is 62.1 Å². The zero-order chi connectivity index (χ0) is 20.8. The molecule has 2 aromatic rings. The highest BCUT2D eigenvalue weighted by Crippen LogP contribution is 2.33. The van der Waals surface area contributed by atoms with Crippen molar-refractivity contribution in [2.75, 3.05) is 11.9 Å². The molecule has 28 heavy (non-hydrogen) atoms. The summed E-state index contributed by atoms with van der Waals surface area (Å²) >= 11 is 17.8. The maximum absolute atomic E-state index is 12.2. The second kappa shape index (κ2) is 9.92. The number of halogens is 3. The number of anilines is 1. The van der Waals surface area contributed by atoms with Crippen LogP contribution in [0.3, 0.4) is 0 Å². The van der Waals surface area contributed by atoms with Crippen LogP contribution in [0.2, 0.25) is 15.1 Å². The van der Waals surface area contributed by atoms with Crippen molar-refractivity contribution in [1.82, 2.24) is 0 Å². The van der Waals surface area contributed by atoms with Crippen LogP contribution in [0, 0.1) is 13.8 Å². The van der Waals surface area contributed by atoms with Gasteiger partial charge in [0.25, 0.3) is 5.91 Å². The summed E-state index contributed by atoms with van der Waals surface area (Å²) in [5.74, 6) is -1.43. The fraction of sp³-hybridized carbons (Fsp3) is 0.250. The molecule has 2 rings (SSSR count). The van der Waals surface area contributed by atoms with Gasteiger partial charge < -0.3 is 10.1 Å². The van der Waals surface area contributed by atoms with Gasteiger partial charge in [0.05, 0.1) is 22.2 Å². The van der Waals surface area contributed by atoms with E-state index in [9.17, 15) is 14.4 Å². The van der Waals surface area contributed by atoms with Crippen LogP contribution >= 0.6 is 34.8 Å². The SMILES string of the molecule is Cc1ccc(C(=O)CCC(=O)OCC(=O)Nc2c(Cl)cc(Cl)cc2Cl)cc1C. The van der Waals surface area contributed by atoms with Gasteiger partial charge in [-0.1, -0.05) is 46.9 Å². The van der Waals surface area contributed by atoms with E-state index in [1.54, 1.807) is 12.1 Å². The number of benzene rings is 2. The maximum atomic E-state index is 12.2. The standard InChI is InChI=1S/C20H18Cl3NO4/c1-11-3-4-13(7-12(11)2)17(25)5-6-19(27)28-10-18(26)24-20-15(22)8-14(21)9-16(20)23/h3-4,7-9H,5-6,10H2,1-2H3,(H,24,26). The number of hydrogen-bond acceptors (Lipinski definition) is 4. The predicted octanol–water partition coefficient (Wildman–Crippen LogP) is 5.41. The molecule has 0 aliphatic heterocycles. The number of Topliss-reactive ketones (excluding diaryl/α,β-unsaturated/α-hetero) is 1. The van der Waals surface area contributed by atoms with Gasteiger partial charge in [-0.15, -0.1) is 0 Å². The molecule has 0 saturated heterocycles. The van der Waals surface area contributed by atoms with E-state index >= 15 is 0 Å². The third kappa shape index (κ3) is 6.23. The Balaban J connectivity index is 1.81. The topological polar surface area (TPSA) is 72.5 Å². The smallest absolute Gasteiger partial charge is 0.306 e. The molecule has 0 radical (unpaired) electrons. The van der Waals surface area contributed by atoms with Crippen molar-refractivity contribution in [2.45, 2.75) is 26.7 Å². The van der Waals surface area contributed by atoms with Crippen LogP contribution in [0.4, 0.5) is 5.69 Å². The maximum Gasteiger partial charge on any atom is 0.306 e. The lowest BCUT2D eigenvalue weighted by molar-refractivity contribution is -0.147. The van der Waals surface area contributed by atoms with Gasteiger partial charge in [-0.2, -0.15) is 0 Å². The summed E-state index contributed by atoms with van der Waals surface area (Å²) in [6.07, 6.45) is -0.126. The highest BCUT2D eigenvalue weighted by atomic mass is 35.5. The van der Waals surface area contributed by atoms with E-state index < -0.39 is 18.5 Å². The van der Waals surface area contributed by atoms with Crippen LogP contribution < -0.4 is 5.32 Å². The second-order valence-electron chi connectivity index (χ2n) is 6.18. The van der Waals surface area contributed by atoms with Gasteiger partial charge in [0.1, 0.15) is 0 Å². The first-order valence-electron chi connectivity index (χ1n) is 8.38. The zero-order valence-corrected chi connectivity index (χ0v) is 17.5. The van der Waals surface area contributed by atoms with Gasteiger partial charge in [0.2, 0.25) is 0 Å². The minimum absolute atomic E-state index is 0.00219. The van der Waals surface area contributed by atoms with E-state index in [4.69, 9.17) is 39.5 Å². The molecule has 8 heteroatoms. The molecule has 0 fully saturated rings. The number of carbonyl (C=O) groups is 3. The molecular formula is C20H18Cl3NO4. The summed E-state index contributed by atoms with van der Waals surface area (Å²) in [6, 6.07) is 8.22. The monoisotopic (exact) mass is 441 g/mol. The Bertz CT molecular complexity index is 905. The minimum Gasteiger partial charge on any atom is -0.456 e. The number of ketones is 1. The van der Waals surface area contributed by atoms with Gasteiger partial charge >= 0.3 is 5.97 Å². The molecule has 148 valence electrons. The lowest BCUT2D eigenvalue weighted by atomic mass is 10.0. The van der Waals surface area contributed by atoms with Gasteiger partial charge in [-0.05, 0) is 43.2 Å². The fourth-order valence-electron chi connectivity index (χ4n) is 2.33. The molecule has 2 aromatic carbocycles. The molecule has 1 amide bonds. The van der Waals surface area contributed by atoms with E-state index in [1.165, 1.54) is 12.1 Å². The number of aryl methyl sites for hydroxylation is 2. The molecule has 0 aliphatic carbocycles. The molecule has 0 aliphatic rings. The Morgan fingerprint density at radius 3 is 2.18 bits per heavy atom. The molecule has 0 saturated carbocycles. The summed E-state index contributed by atoms with van der Waals surface area (Å²) in [7, 11) is 0. The molecule has 5 nitrogen and oxygen atoms in total. The number of amides is 1. The number of hydrogen-bond donors (Lipinski definition) is 1. The number of rotatable bonds is 7. The zero-order valence-electron chi connectivity index (χ0n) is 15.3. The molecule has 0 spiro atoms. The van der Waals surface area contributed by atoms with E-state index in [1.807, 2.05) is 19.9 Å². The van der Waals surface area contributed by atoms with Crippen LogP contribution in [-0.2, 0) is 14.3 Å². The Labute approximate surface area is 177 Å². The summed E-state index contributed by atoms with van der Waals surface area (Å²) in [5.41, 5.74) is 2.81. The van der Waals surface area contributed by atoms with Crippen LogP contribution in [0.1, 0.15) is 34.3 Å². The lowest BCUT2D eigenvalue weighted by Gasteiger charge is -2.10. The molecule has 1 N–H and O–H groups in total. The number of esters is 1. The third-order valence-electron chi connectivity index (χ3n) is 4.02. The number of carbonyl (C=O) groups excluding carboxylic acids is 3. The summed E-state index contributed by atoms with van der Waals surface area (Å²) in [5, 5.41) is 3.11. The van der Waals surface area contributed by atoms with Crippen molar-refractivity contribution in [2.24, 2.45) is 0 Å². The largest absolute Gasteiger partial charge is 0.456 e. The lowest BCUT2D eigenvalue weighted by Crippen LogP contribution is -2.21. The van der Waals surface area contributed by atoms with Crippen molar-refractivity contribution >= 4 is 58.1 Å². The average Bonchev–Trinajstić information content (AvgIpc) is 2.63. The Morgan fingerprint density at radius 2 is 1.57 bits per heavy atom. The average molecular weight is 443 g/mol. The van der Waals surface area contributed by atoms with Crippen molar-refractivity contribution in [3.8, 4) is 0 Å². The normalized spacial score (nSPS) is 10.5. The van der Waals surface area contributed by atoms with E-state index in [2.05, 4.69) is 5.32 Å². The Kier molecular flexibility index (Phi) is 7.87. The van der Waals surface area contributed by atoms with Gasteiger partial charge in [0.15, 0.2) is 12.4 Å². The van der Waals surface area contributed by atoms with Crippen LogP contribution in [0.15, 0.2) is 30.3 Å². The molecular weight excluding hydrogens is 425 g/mol. The first-order valence-corrected chi connectivity index (χ1v) is 9.51. The quantitative estimate of drug-likeness (QED) is 0.460. The first kappa shape index (κ1) is 22.2. The molecule has 0 unspecified atom stereocenters. The van der Waals surface area contributed by atoms with Crippen molar-refractivity contribution < 1.29 is 19.1 Å². The molecule has 0 atom stereocenters. The molecule has 0 bridgehead atoms. The second-order valence-corrected chi connectivity index (χ2v) is 7.43. The fourth-order valence-corrected chi connectivity index (χ4v) is 3.24. The molecule has 0 heterocycles. The minimum atomic E-state index is -0.652. The van der Waals surface area contributed by atoms with Crippen LogP contribution in [-0.4, -0.2) is 24.3 Å². The third-order valence-corrected chi connectivity index (χ3v) is 4.84. The Hall–Kier alpha value is -2.08. The summed E-state index contributed by atoms with van der Waals surface area (Å²) in [4.78, 5) is 35.9. The first-order chi connectivity index (χ1) is 13.2. The van der Waals surface area contributed by atoms with Gasteiger partial charge in [-0.3, -0.25) is 14.4 Å². The predicted molar refractivity (Wildman–Crippen MR) is 111 cm³/mol. The van der Waals surface area contributed by atoms with Gasteiger partial charge in [0, 0.05) is 17.0 Å². The van der Waals surface area contributed by atoms with Crippen LogP contribution in [0.5, 0.6) is 0 Å². The highest BCUT2D eigenvalue weighted by Gasteiger charge is 2.15. The van der Waals surface area contributed by atoms with E-state index in [0.717, 1.165) is 11.1 Å². The van der Waals surface area contributed by atoms with E-state index in [0.29, 0.717) is 10.6 Å². The highest BCUT2D eigenvalue weighted by molar-refractivity contribution is 6.42. The van der Waals surface area contributed by atoms with Gasteiger partial charge in [-0.25, -0.2) is 0 Å². The molecule has 0 aromatic heterocycles. The summed E-state index contributed by atoms with van der Waals surface area (Å²) < 4.78 is 4.89. The number of ether oxygens (including phenoxy) is 1. The van der Waals surface area contributed by atoms with Crippen molar-refractivity contribution in [1.29, 1.82) is 0 Å². The summed E-state index contributed by atoms with van der Waals surface area (Å²) in [6.45, 7) is 3.35. The number of nitrogens with one attached hydrogen (secondary N) is 1.